The minimum atomic E-state index is -0.530. The molecule has 4 rings (SSSR count). The van der Waals surface area contributed by atoms with Crippen molar-refractivity contribution in [3.8, 4) is 0 Å². The molecule has 1 N–H and O–H groups in total. The van der Waals surface area contributed by atoms with Crippen LogP contribution in [0.25, 0.3) is 0 Å². The van der Waals surface area contributed by atoms with E-state index in [-0.39, 0.29) is 29.7 Å². The van der Waals surface area contributed by atoms with Crippen molar-refractivity contribution in [2.75, 3.05) is 0 Å². The third-order valence-corrected chi connectivity index (χ3v) is 6.08. The first-order chi connectivity index (χ1) is 13.4. The Bertz CT molecular complexity index is 894. The van der Waals surface area contributed by atoms with E-state index in [2.05, 4.69) is 10.3 Å². The number of amides is 2. The molecule has 28 heavy (non-hydrogen) atoms. The molecular formula is C21H25FN4O2. The summed E-state index contributed by atoms with van der Waals surface area (Å²) in [5, 5.41) is 3.18. The first-order valence-electron chi connectivity index (χ1n) is 9.75. The minimum absolute atomic E-state index is 0.0244. The quantitative estimate of drug-likeness (QED) is 0.866. The van der Waals surface area contributed by atoms with E-state index in [1.165, 1.54) is 12.1 Å². The van der Waals surface area contributed by atoms with Crippen molar-refractivity contribution in [3.63, 3.8) is 0 Å². The van der Waals surface area contributed by atoms with Crippen molar-refractivity contribution in [1.29, 1.82) is 0 Å². The molecule has 2 fully saturated rings. The summed E-state index contributed by atoms with van der Waals surface area (Å²) in [7, 11) is 1.79. The Morgan fingerprint density at radius 2 is 2.04 bits per heavy atom. The molecule has 0 bridgehead atoms. The topological polar surface area (TPSA) is 67.2 Å². The number of nitrogens with one attached hydrogen (secondary N) is 1. The summed E-state index contributed by atoms with van der Waals surface area (Å²) in [5.41, 5.74) is 0.336. The van der Waals surface area contributed by atoms with Crippen LogP contribution in [-0.2, 0) is 11.8 Å². The lowest BCUT2D eigenvalue weighted by atomic mass is 9.85. The second-order valence-electron chi connectivity index (χ2n) is 8.07. The Balaban J connectivity index is 1.78. The highest BCUT2D eigenvalue weighted by Gasteiger charge is 2.53. The number of carbonyl (C=O) groups is 2. The predicted molar refractivity (Wildman–Crippen MR) is 102 cm³/mol. The maximum absolute atomic E-state index is 13.5. The maximum atomic E-state index is 13.5. The van der Waals surface area contributed by atoms with Gasteiger partial charge in [0.25, 0.3) is 5.91 Å². The average Bonchev–Trinajstić information content (AvgIpc) is 3.19. The van der Waals surface area contributed by atoms with E-state index in [1.807, 2.05) is 11.8 Å². The van der Waals surface area contributed by atoms with Crippen LogP contribution in [0, 0.1) is 5.82 Å². The number of rotatable bonds is 2. The highest BCUT2D eigenvalue weighted by Crippen LogP contribution is 2.45. The maximum Gasteiger partial charge on any atom is 0.290 e. The number of fused-ring (bicyclic) bond motifs is 1. The zero-order valence-corrected chi connectivity index (χ0v) is 16.2. The number of carbonyl (C=O) groups excluding carboxylic acids is 2. The van der Waals surface area contributed by atoms with Crippen LogP contribution in [0.4, 0.5) is 4.39 Å². The fourth-order valence-corrected chi connectivity index (χ4v) is 4.69. The number of aromatic nitrogens is 2. The number of imidazole rings is 1. The van der Waals surface area contributed by atoms with Gasteiger partial charge in [0.05, 0.1) is 17.6 Å². The van der Waals surface area contributed by atoms with Gasteiger partial charge in [-0.25, -0.2) is 9.37 Å². The number of halogens is 1. The molecule has 6 nitrogen and oxygen atoms in total. The van der Waals surface area contributed by atoms with Crippen molar-refractivity contribution in [1.82, 2.24) is 19.8 Å². The van der Waals surface area contributed by atoms with Crippen LogP contribution in [0.1, 0.15) is 61.3 Å². The lowest BCUT2D eigenvalue weighted by molar-refractivity contribution is -0.123. The van der Waals surface area contributed by atoms with Crippen LogP contribution in [0.2, 0.25) is 0 Å². The first kappa shape index (κ1) is 18.7. The molecule has 0 radical (unpaired) electrons. The van der Waals surface area contributed by atoms with Crippen LogP contribution in [-0.4, -0.2) is 37.8 Å². The lowest BCUT2D eigenvalue weighted by Crippen LogP contribution is -2.56. The van der Waals surface area contributed by atoms with Crippen LogP contribution < -0.4 is 5.32 Å². The molecule has 2 aliphatic heterocycles. The minimum Gasteiger partial charge on any atom is -0.349 e. The van der Waals surface area contributed by atoms with Crippen molar-refractivity contribution in [3.05, 3.63) is 53.9 Å². The number of hydrogen-bond acceptors (Lipinski definition) is 3. The summed E-state index contributed by atoms with van der Waals surface area (Å²) >= 11 is 0. The summed E-state index contributed by atoms with van der Waals surface area (Å²) < 4.78 is 15.2. The molecule has 0 unspecified atom stereocenters. The summed E-state index contributed by atoms with van der Waals surface area (Å²) in [6.45, 7) is 2.02. The normalized spacial score (nSPS) is 27.7. The zero-order valence-electron chi connectivity index (χ0n) is 16.2. The van der Waals surface area contributed by atoms with Crippen LogP contribution >= 0.6 is 0 Å². The van der Waals surface area contributed by atoms with Crippen LogP contribution in [0.15, 0.2) is 36.7 Å². The predicted octanol–water partition coefficient (Wildman–Crippen LogP) is 2.96. The molecule has 2 amide bonds. The largest absolute Gasteiger partial charge is 0.349 e. The van der Waals surface area contributed by atoms with E-state index in [0.717, 1.165) is 24.8 Å². The Labute approximate surface area is 163 Å². The highest BCUT2D eigenvalue weighted by molar-refractivity contribution is 5.92. The summed E-state index contributed by atoms with van der Waals surface area (Å²) in [5.74, 6) is -0.0827. The van der Waals surface area contributed by atoms with Crippen molar-refractivity contribution in [2.45, 2.75) is 56.7 Å². The van der Waals surface area contributed by atoms with Gasteiger partial charge in [0.15, 0.2) is 5.82 Å². The molecule has 3 heterocycles. The number of aryl methyl sites for hydroxylation is 1. The number of nitrogens with zero attached hydrogens (tertiary/aromatic N) is 3. The molecule has 2 saturated heterocycles. The average molecular weight is 384 g/mol. The molecule has 2 aromatic rings. The van der Waals surface area contributed by atoms with Gasteiger partial charge in [-0.1, -0.05) is 18.6 Å². The zero-order chi connectivity index (χ0) is 19.9. The van der Waals surface area contributed by atoms with Gasteiger partial charge in [-0.15, -0.1) is 0 Å². The summed E-state index contributed by atoms with van der Waals surface area (Å²) in [6.07, 6.45) is 6.95. The summed E-state index contributed by atoms with van der Waals surface area (Å²) in [6, 6.07) is 5.89. The molecular weight excluding hydrogens is 359 g/mol. The van der Waals surface area contributed by atoms with Crippen LogP contribution in [0.3, 0.4) is 0 Å². The second kappa shape index (κ2) is 7.04. The molecule has 3 atom stereocenters. The molecule has 0 aliphatic carbocycles. The number of likely N-dealkylation sites (tertiary alicyclic amines) is 1. The van der Waals surface area contributed by atoms with Gasteiger partial charge in [0.1, 0.15) is 5.82 Å². The smallest absolute Gasteiger partial charge is 0.290 e. The SMILES string of the molecule is Cn1ccnc1C(=O)N1[C@H]2CCCCC(=O)N[C@@]2(C)C[C@H]1c1ccc(F)cc1. The molecule has 0 spiro atoms. The van der Waals surface area contributed by atoms with E-state index in [1.54, 1.807) is 36.1 Å². The Kier molecular flexibility index (Phi) is 4.69. The third-order valence-electron chi connectivity index (χ3n) is 6.08. The second-order valence-corrected chi connectivity index (χ2v) is 8.07. The fraction of sp³-hybridized carbons (Fsp3) is 0.476. The number of benzene rings is 1. The molecule has 7 heteroatoms. The van der Waals surface area contributed by atoms with Gasteiger partial charge < -0.3 is 14.8 Å². The van der Waals surface area contributed by atoms with Crippen molar-refractivity contribution in [2.24, 2.45) is 7.05 Å². The monoisotopic (exact) mass is 384 g/mol. The molecule has 148 valence electrons. The standard InChI is InChI=1S/C21H25FN4O2/c1-21-13-16(14-7-9-15(22)10-8-14)26(20(28)19-23-11-12-25(19)2)17(21)5-3-4-6-18(27)24-21/h7-12,16-17H,3-6,13H2,1-2H3,(H,24,27)/t16-,17-,21-/m0/s1. The Hall–Kier alpha value is -2.70. The van der Waals surface area contributed by atoms with E-state index >= 15 is 0 Å². The van der Waals surface area contributed by atoms with E-state index in [4.69, 9.17) is 0 Å². The van der Waals surface area contributed by atoms with E-state index in [0.29, 0.717) is 18.7 Å². The van der Waals surface area contributed by atoms with Gasteiger partial charge in [0.2, 0.25) is 5.91 Å². The first-order valence-corrected chi connectivity index (χ1v) is 9.75. The van der Waals surface area contributed by atoms with E-state index in [9.17, 15) is 14.0 Å². The molecule has 2 aliphatic rings. The van der Waals surface area contributed by atoms with Gasteiger partial charge >= 0.3 is 0 Å². The highest BCUT2D eigenvalue weighted by atomic mass is 19.1. The molecule has 1 aromatic carbocycles. The van der Waals surface area contributed by atoms with Crippen molar-refractivity contribution < 1.29 is 14.0 Å². The molecule has 1 aromatic heterocycles. The Morgan fingerprint density at radius 1 is 1.29 bits per heavy atom. The lowest BCUT2D eigenvalue weighted by Gasteiger charge is -2.38. The number of hydrogen-bond donors (Lipinski definition) is 1. The third kappa shape index (κ3) is 3.19. The van der Waals surface area contributed by atoms with Crippen LogP contribution in [0.5, 0.6) is 0 Å². The van der Waals surface area contributed by atoms with Gasteiger partial charge in [-0.3, -0.25) is 9.59 Å². The van der Waals surface area contributed by atoms with Crippen molar-refractivity contribution >= 4 is 11.8 Å². The van der Waals surface area contributed by atoms with Gasteiger partial charge in [0, 0.05) is 25.9 Å². The van der Waals surface area contributed by atoms with E-state index < -0.39 is 5.54 Å². The Morgan fingerprint density at radius 3 is 2.71 bits per heavy atom. The molecule has 0 saturated carbocycles. The fourth-order valence-electron chi connectivity index (χ4n) is 4.69. The summed E-state index contributed by atoms with van der Waals surface area (Å²) in [4.78, 5) is 32.0. The van der Waals surface area contributed by atoms with Gasteiger partial charge in [-0.05, 0) is 43.9 Å². The van der Waals surface area contributed by atoms with Gasteiger partial charge in [-0.2, -0.15) is 0 Å².